The molecule has 2 aliphatic rings. The monoisotopic (exact) mass is 226 g/mol. The smallest absolute Gasteiger partial charge is 0.0580 e. The Kier molecular flexibility index (Phi) is 4.22. The van der Waals surface area contributed by atoms with Crippen molar-refractivity contribution < 1.29 is 5.11 Å². The van der Waals surface area contributed by atoms with E-state index in [-0.39, 0.29) is 6.10 Å². The SMILES string of the molecule is CN(CC1CCCC1O)CC1CCCN1C. The van der Waals surface area contributed by atoms with Gasteiger partial charge >= 0.3 is 0 Å². The second-order valence-corrected chi connectivity index (χ2v) is 5.76. The lowest BCUT2D eigenvalue weighted by Gasteiger charge is -2.28. The highest BCUT2D eigenvalue weighted by atomic mass is 16.3. The van der Waals surface area contributed by atoms with Crippen LogP contribution in [0.5, 0.6) is 0 Å². The first kappa shape index (κ1) is 12.3. The normalized spacial score (nSPS) is 36.4. The molecule has 2 fully saturated rings. The van der Waals surface area contributed by atoms with Gasteiger partial charge in [0.1, 0.15) is 0 Å². The molecule has 0 aromatic heterocycles. The number of aliphatic hydroxyl groups excluding tert-OH is 1. The van der Waals surface area contributed by atoms with Crippen LogP contribution in [0.4, 0.5) is 0 Å². The summed E-state index contributed by atoms with van der Waals surface area (Å²) < 4.78 is 0. The van der Waals surface area contributed by atoms with Gasteiger partial charge in [-0.05, 0) is 52.2 Å². The van der Waals surface area contributed by atoms with Crippen LogP contribution in [0.15, 0.2) is 0 Å². The molecule has 1 N–H and O–H groups in total. The molecule has 2 rings (SSSR count). The first-order chi connectivity index (χ1) is 7.66. The number of likely N-dealkylation sites (N-methyl/N-ethyl adjacent to an activating group) is 2. The summed E-state index contributed by atoms with van der Waals surface area (Å²) in [7, 11) is 4.44. The molecule has 1 aliphatic carbocycles. The van der Waals surface area contributed by atoms with Crippen LogP contribution in [0.3, 0.4) is 0 Å². The second-order valence-electron chi connectivity index (χ2n) is 5.76. The fraction of sp³-hybridized carbons (Fsp3) is 1.00. The van der Waals surface area contributed by atoms with Crippen molar-refractivity contribution in [2.45, 2.75) is 44.2 Å². The second kappa shape index (κ2) is 5.48. The minimum Gasteiger partial charge on any atom is -0.393 e. The summed E-state index contributed by atoms with van der Waals surface area (Å²) in [6, 6.07) is 0.739. The Hall–Kier alpha value is -0.120. The van der Waals surface area contributed by atoms with E-state index in [2.05, 4.69) is 23.9 Å². The number of rotatable bonds is 4. The predicted octanol–water partition coefficient (Wildman–Crippen LogP) is 1.17. The number of hydrogen-bond donors (Lipinski definition) is 1. The molecular weight excluding hydrogens is 200 g/mol. The molecule has 0 bridgehead atoms. The van der Waals surface area contributed by atoms with Gasteiger partial charge in [0.15, 0.2) is 0 Å². The maximum absolute atomic E-state index is 9.81. The van der Waals surface area contributed by atoms with E-state index in [4.69, 9.17) is 0 Å². The Balaban J connectivity index is 1.73. The third-order valence-corrected chi connectivity index (χ3v) is 4.36. The van der Waals surface area contributed by atoms with Crippen LogP contribution in [0.1, 0.15) is 32.1 Å². The van der Waals surface area contributed by atoms with E-state index < -0.39 is 0 Å². The minimum absolute atomic E-state index is 0.0382. The van der Waals surface area contributed by atoms with E-state index in [1.807, 2.05) is 0 Å². The number of nitrogens with zero attached hydrogens (tertiary/aromatic N) is 2. The summed E-state index contributed by atoms with van der Waals surface area (Å²) in [5, 5.41) is 9.81. The lowest BCUT2D eigenvalue weighted by atomic mass is 10.1. The van der Waals surface area contributed by atoms with Gasteiger partial charge in [0, 0.05) is 19.1 Å². The van der Waals surface area contributed by atoms with Gasteiger partial charge in [-0.3, -0.25) is 0 Å². The van der Waals surface area contributed by atoms with Crippen molar-refractivity contribution in [1.29, 1.82) is 0 Å². The summed E-state index contributed by atoms with van der Waals surface area (Å²) in [6.45, 7) is 3.50. The Labute approximate surface area is 99.4 Å². The van der Waals surface area contributed by atoms with Crippen LogP contribution < -0.4 is 0 Å². The summed E-state index contributed by atoms with van der Waals surface area (Å²) in [4.78, 5) is 4.90. The Bertz CT molecular complexity index is 200. The van der Waals surface area contributed by atoms with Gasteiger partial charge in [-0.1, -0.05) is 6.42 Å². The van der Waals surface area contributed by atoms with Crippen LogP contribution >= 0.6 is 0 Å². The van der Waals surface area contributed by atoms with Crippen LogP contribution in [0, 0.1) is 5.92 Å². The average molecular weight is 226 g/mol. The largest absolute Gasteiger partial charge is 0.393 e. The highest BCUT2D eigenvalue weighted by Gasteiger charge is 2.28. The van der Waals surface area contributed by atoms with E-state index in [1.165, 1.54) is 38.8 Å². The molecule has 3 nitrogen and oxygen atoms in total. The van der Waals surface area contributed by atoms with Gasteiger partial charge in [-0.25, -0.2) is 0 Å². The molecule has 0 aromatic rings. The fourth-order valence-electron chi connectivity index (χ4n) is 3.27. The van der Waals surface area contributed by atoms with Gasteiger partial charge in [-0.2, -0.15) is 0 Å². The first-order valence-electron chi connectivity index (χ1n) is 6.73. The molecule has 1 heterocycles. The Morgan fingerprint density at radius 2 is 2.00 bits per heavy atom. The van der Waals surface area contributed by atoms with Crippen LogP contribution in [-0.4, -0.2) is 60.8 Å². The van der Waals surface area contributed by atoms with Crippen molar-refractivity contribution in [3.8, 4) is 0 Å². The van der Waals surface area contributed by atoms with Crippen LogP contribution in [0.2, 0.25) is 0 Å². The molecule has 3 heteroatoms. The summed E-state index contributed by atoms with van der Waals surface area (Å²) in [5.74, 6) is 0.525. The van der Waals surface area contributed by atoms with Gasteiger partial charge in [0.05, 0.1) is 6.10 Å². The minimum atomic E-state index is -0.0382. The van der Waals surface area contributed by atoms with Crippen molar-refractivity contribution in [2.24, 2.45) is 5.92 Å². The molecule has 16 heavy (non-hydrogen) atoms. The van der Waals surface area contributed by atoms with Crippen molar-refractivity contribution in [1.82, 2.24) is 9.80 Å². The number of aliphatic hydroxyl groups is 1. The van der Waals surface area contributed by atoms with Crippen molar-refractivity contribution >= 4 is 0 Å². The maximum Gasteiger partial charge on any atom is 0.0580 e. The molecule has 1 saturated carbocycles. The molecule has 3 atom stereocenters. The molecule has 1 saturated heterocycles. The summed E-state index contributed by atoms with van der Waals surface area (Å²) in [6.07, 6.45) is 6.09. The van der Waals surface area contributed by atoms with Gasteiger partial charge in [-0.15, -0.1) is 0 Å². The standard InChI is InChI=1S/C13H26N2O/c1-14(9-11-5-3-7-13(11)16)10-12-6-4-8-15(12)2/h11-13,16H,3-10H2,1-2H3. The highest BCUT2D eigenvalue weighted by Crippen LogP contribution is 2.26. The van der Waals surface area contributed by atoms with E-state index >= 15 is 0 Å². The van der Waals surface area contributed by atoms with Gasteiger partial charge in [0.2, 0.25) is 0 Å². The molecule has 0 radical (unpaired) electrons. The van der Waals surface area contributed by atoms with Crippen molar-refractivity contribution in [2.75, 3.05) is 33.7 Å². The quantitative estimate of drug-likeness (QED) is 0.779. The average Bonchev–Trinajstić information content (AvgIpc) is 2.79. The lowest BCUT2D eigenvalue weighted by Crippen LogP contribution is -2.39. The van der Waals surface area contributed by atoms with E-state index in [0.717, 1.165) is 19.0 Å². The fourth-order valence-corrected chi connectivity index (χ4v) is 3.27. The first-order valence-corrected chi connectivity index (χ1v) is 6.73. The molecule has 0 amide bonds. The highest BCUT2D eigenvalue weighted by molar-refractivity contribution is 4.82. The maximum atomic E-state index is 9.81. The molecule has 0 aromatic carbocycles. The summed E-state index contributed by atoms with van der Waals surface area (Å²) in [5.41, 5.74) is 0. The number of likely N-dealkylation sites (tertiary alicyclic amines) is 1. The zero-order valence-corrected chi connectivity index (χ0v) is 10.7. The molecule has 0 spiro atoms. The zero-order chi connectivity index (χ0) is 11.5. The molecule has 3 unspecified atom stereocenters. The zero-order valence-electron chi connectivity index (χ0n) is 10.7. The molecular formula is C13H26N2O. The van der Waals surface area contributed by atoms with Crippen LogP contribution in [0.25, 0.3) is 0 Å². The van der Waals surface area contributed by atoms with E-state index in [9.17, 15) is 5.11 Å². The third-order valence-electron chi connectivity index (χ3n) is 4.36. The Morgan fingerprint density at radius 1 is 1.19 bits per heavy atom. The van der Waals surface area contributed by atoms with Crippen molar-refractivity contribution in [3.63, 3.8) is 0 Å². The molecule has 1 aliphatic heterocycles. The van der Waals surface area contributed by atoms with E-state index in [0.29, 0.717) is 5.92 Å². The number of hydrogen-bond acceptors (Lipinski definition) is 3. The van der Waals surface area contributed by atoms with Gasteiger partial charge < -0.3 is 14.9 Å². The third kappa shape index (κ3) is 2.96. The Morgan fingerprint density at radius 3 is 2.56 bits per heavy atom. The topological polar surface area (TPSA) is 26.7 Å². The summed E-state index contributed by atoms with van der Waals surface area (Å²) >= 11 is 0. The molecule has 94 valence electrons. The van der Waals surface area contributed by atoms with E-state index in [1.54, 1.807) is 0 Å². The van der Waals surface area contributed by atoms with Crippen LogP contribution in [-0.2, 0) is 0 Å². The van der Waals surface area contributed by atoms with Gasteiger partial charge in [0.25, 0.3) is 0 Å². The lowest BCUT2D eigenvalue weighted by molar-refractivity contribution is 0.102. The predicted molar refractivity (Wildman–Crippen MR) is 66.5 cm³/mol. The van der Waals surface area contributed by atoms with Crippen molar-refractivity contribution in [3.05, 3.63) is 0 Å².